The largest absolute Gasteiger partial charge is 0.497 e. The van der Waals surface area contributed by atoms with E-state index in [2.05, 4.69) is 5.16 Å². The Morgan fingerprint density at radius 3 is 2.25 bits per heavy atom. The Labute approximate surface area is 162 Å². The second-order valence-electron chi connectivity index (χ2n) is 6.69. The van der Waals surface area contributed by atoms with Crippen molar-refractivity contribution in [3.8, 4) is 39.8 Å². The van der Waals surface area contributed by atoms with Crippen LogP contribution in [0.2, 0.25) is 0 Å². The number of methoxy groups -OCH3 is 2. The Balaban J connectivity index is 1.75. The molecule has 0 atom stereocenters. The van der Waals surface area contributed by atoms with Gasteiger partial charge < -0.3 is 14.0 Å². The Bertz CT molecular complexity index is 1130. The monoisotopic (exact) mass is 373 g/mol. The Kier molecular flexibility index (Phi) is 3.90. The molecule has 2 aromatic carbocycles. The highest BCUT2D eigenvalue weighted by atomic mass is 16.5. The zero-order chi connectivity index (χ0) is 19.1. The molecule has 6 nitrogen and oxygen atoms in total. The highest BCUT2D eigenvalue weighted by Gasteiger charge is 2.29. The van der Waals surface area contributed by atoms with Gasteiger partial charge >= 0.3 is 0 Å². The van der Waals surface area contributed by atoms with Gasteiger partial charge in [0.15, 0.2) is 5.76 Å². The van der Waals surface area contributed by atoms with Crippen LogP contribution in [0.1, 0.15) is 11.3 Å². The van der Waals surface area contributed by atoms with Crippen molar-refractivity contribution in [2.75, 3.05) is 14.2 Å². The van der Waals surface area contributed by atoms with E-state index in [1.807, 2.05) is 53.2 Å². The van der Waals surface area contributed by atoms with Crippen LogP contribution in [0.15, 0.2) is 59.3 Å². The van der Waals surface area contributed by atoms with E-state index in [1.165, 1.54) is 0 Å². The third-order valence-corrected chi connectivity index (χ3v) is 5.14. The molecular weight excluding hydrogens is 354 g/mol. The van der Waals surface area contributed by atoms with Gasteiger partial charge in [-0.25, -0.2) is 4.68 Å². The number of rotatable bonds is 4. The van der Waals surface area contributed by atoms with Gasteiger partial charge in [0.05, 0.1) is 43.1 Å². The smallest absolute Gasteiger partial charge is 0.174 e. The zero-order valence-corrected chi connectivity index (χ0v) is 15.7. The van der Waals surface area contributed by atoms with Crippen LogP contribution in [0.5, 0.6) is 11.5 Å². The first-order valence-electron chi connectivity index (χ1n) is 9.13. The Hall–Kier alpha value is -3.54. The number of hydrogen-bond donors (Lipinski definition) is 0. The van der Waals surface area contributed by atoms with Gasteiger partial charge in [-0.1, -0.05) is 5.16 Å². The summed E-state index contributed by atoms with van der Waals surface area (Å²) in [5, 5.41) is 8.95. The van der Waals surface area contributed by atoms with Crippen molar-refractivity contribution in [2.24, 2.45) is 0 Å². The van der Waals surface area contributed by atoms with E-state index in [0.717, 1.165) is 63.9 Å². The number of aromatic nitrogens is 3. The predicted octanol–water partition coefficient (Wildman–Crippen LogP) is 4.31. The number of nitrogens with zero attached hydrogens (tertiary/aromatic N) is 3. The summed E-state index contributed by atoms with van der Waals surface area (Å²) in [6, 6.07) is 15.9. The van der Waals surface area contributed by atoms with Crippen LogP contribution >= 0.6 is 0 Å². The summed E-state index contributed by atoms with van der Waals surface area (Å²) in [6.07, 6.45) is 3.55. The summed E-state index contributed by atoms with van der Waals surface area (Å²) >= 11 is 0. The summed E-state index contributed by atoms with van der Waals surface area (Å²) in [5.41, 5.74) is 6.14. The summed E-state index contributed by atoms with van der Waals surface area (Å²) in [7, 11) is 3.33. The molecule has 140 valence electrons. The quantitative estimate of drug-likeness (QED) is 0.533. The van der Waals surface area contributed by atoms with Crippen LogP contribution in [0, 0.1) is 0 Å². The molecule has 0 N–H and O–H groups in total. The topological polar surface area (TPSA) is 62.3 Å². The lowest BCUT2D eigenvalue weighted by Gasteiger charge is -2.12. The van der Waals surface area contributed by atoms with Crippen LogP contribution < -0.4 is 9.47 Å². The highest BCUT2D eigenvalue weighted by molar-refractivity contribution is 5.84. The lowest BCUT2D eigenvalue weighted by Crippen LogP contribution is -2.01. The van der Waals surface area contributed by atoms with Crippen molar-refractivity contribution in [2.45, 2.75) is 12.8 Å². The molecule has 0 bridgehead atoms. The first-order valence-corrected chi connectivity index (χ1v) is 9.13. The van der Waals surface area contributed by atoms with Crippen molar-refractivity contribution >= 4 is 0 Å². The fourth-order valence-electron chi connectivity index (χ4n) is 3.70. The summed E-state index contributed by atoms with van der Waals surface area (Å²) in [4.78, 5) is 0. The summed E-state index contributed by atoms with van der Waals surface area (Å²) in [5.74, 6) is 2.43. The summed E-state index contributed by atoms with van der Waals surface area (Å²) in [6.45, 7) is 0. The molecule has 0 saturated carbocycles. The van der Waals surface area contributed by atoms with Crippen molar-refractivity contribution < 1.29 is 14.0 Å². The second-order valence-corrected chi connectivity index (χ2v) is 6.69. The normalized spacial score (nSPS) is 12.4. The molecule has 2 heterocycles. The van der Waals surface area contributed by atoms with Crippen LogP contribution in [-0.2, 0) is 12.8 Å². The molecule has 6 heteroatoms. The fraction of sp³-hybridized carbons (Fsp3) is 0.182. The van der Waals surface area contributed by atoms with Gasteiger partial charge in [0, 0.05) is 11.1 Å². The van der Waals surface area contributed by atoms with Gasteiger partial charge in [0.25, 0.3) is 0 Å². The maximum atomic E-state index is 5.63. The van der Waals surface area contributed by atoms with Crippen molar-refractivity contribution in [1.82, 2.24) is 14.9 Å². The first kappa shape index (κ1) is 16.6. The van der Waals surface area contributed by atoms with E-state index < -0.39 is 0 Å². The molecular formula is C22H19N3O3. The van der Waals surface area contributed by atoms with Crippen molar-refractivity contribution in [3.05, 3.63) is 66.0 Å². The minimum atomic E-state index is 0.809. The van der Waals surface area contributed by atoms with E-state index in [9.17, 15) is 0 Å². The second kappa shape index (κ2) is 6.56. The van der Waals surface area contributed by atoms with Gasteiger partial charge in [0.2, 0.25) is 0 Å². The predicted molar refractivity (Wildman–Crippen MR) is 105 cm³/mol. The maximum Gasteiger partial charge on any atom is 0.174 e. The SMILES string of the molecule is COc1ccc(-c2c3c(nn2-c2ccc(OC)cc2)CCc2cnoc2-3)cc1. The highest BCUT2D eigenvalue weighted by Crippen LogP contribution is 2.42. The van der Waals surface area contributed by atoms with Gasteiger partial charge in [-0.05, 0) is 61.4 Å². The maximum absolute atomic E-state index is 5.63. The third kappa shape index (κ3) is 2.57. The minimum Gasteiger partial charge on any atom is -0.497 e. The van der Waals surface area contributed by atoms with Crippen LogP contribution in [0.3, 0.4) is 0 Å². The molecule has 0 saturated heterocycles. The molecule has 5 rings (SSSR count). The first-order chi connectivity index (χ1) is 13.8. The van der Waals surface area contributed by atoms with E-state index in [1.54, 1.807) is 20.4 Å². The van der Waals surface area contributed by atoms with E-state index in [4.69, 9.17) is 19.1 Å². The molecule has 0 fully saturated rings. The van der Waals surface area contributed by atoms with Crippen LogP contribution in [0.25, 0.3) is 28.3 Å². The lowest BCUT2D eigenvalue weighted by molar-refractivity contribution is 0.414. The van der Waals surface area contributed by atoms with Gasteiger partial charge in [0.1, 0.15) is 11.5 Å². The molecule has 4 aromatic rings. The van der Waals surface area contributed by atoms with Gasteiger partial charge in [-0.2, -0.15) is 5.10 Å². The fourth-order valence-corrected chi connectivity index (χ4v) is 3.70. The molecule has 2 aromatic heterocycles. The number of benzene rings is 2. The van der Waals surface area contributed by atoms with Gasteiger partial charge in [-0.15, -0.1) is 0 Å². The molecule has 0 radical (unpaired) electrons. The van der Waals surface area contributed by atoms with E-state index in [0.29, 0.717) is 0 Å². The minimum absolute atomic E-state index is 0.809. The van der Waals surface area contributed by atoms with E-state index >= 15 is 0 Å². The number of fused-ring (bicyclic) bond motifs is 3. The molecule has 1 aliphatic rings. The van der Waals surface area contributed by atoms with Crippen molar-refractivity contribution in [1.29, 1.82) is 0 Å². The Morgan fingerprint density at radius 2 is 1.57 bits per heavy atom. The molecule has 0 aliphatic heterocycles. The van der Waals surface area contributed by atoms with E-state index in [-0.39, 0.29) is 0 Å². The number of aryl methyl sites for hydroxylation is 2. The molecule has 0 spiro atoms. The summed E-state index contributed by atoms with van der Waals surface area (Å²) < 4.78 is 18.2. The number of hydrogen-bond acceptors (Lipinski definition) is 5. The average Bonchev–Trinajstić information content (AvgIpc) is 3.38. The van der Waals surface area contributed by atoms with Crippen LogP contribution in [0.4, 0.5) is 0 Å². The molecule has 0 unspecified atom stereocenters. The zero-order valence-electron chi connectivity index (χ0n) is 15.7. The average molecular weight is 373 g/mol. The molecule has 0 amide bonds. The Morgan fingerprint density at radius 1 is 0.893 bits per heavy atom. The standard InChI is InChI=1S/C22H19N3O3/c1-26-17-8-3-14(4-9-17)21-20-19(12-5-15-13-23-28-22(15)20)24-25(21)16-6-10-18(27-2)11-7-16/h3-4,6-11,13H,5,12H2,1-2H3. The van der Waals surface area contributed by atoms with Crippen LogP contribution in [-0.4, -0.2) is 29.2 Å². The third-order valence-electron chi connectivity index (χ3n) is 5.14. The molecule has 28 heavy (non-hydrogen) atoms. The number of ether oxygens (including phenoxy) is 2. The lowest BCUT2D eigenvalue weighted by atomic mass is 9.93. The molecule has 1 aliphatic carbocycles. The van der Waals surface area contributed by atoms with Gasteiger partial charge in [-0.3, -0.25) is 0 Å². The van der Waals surface area contributed by atoms with Crippen molar-refractivity contribution in [3.63, 3.8) is 0 Å².